The van der Waals surface area contributed by atoms with Crippen LogP contribution in [-0.2, 0) is 29.5 Å². The molecular weight excluding hydrogens is 396 g/mol. The molecule has 0 saturated heterocycles. The highest BCUT2D eigenvalue weighted by Crippen LogP contribution is 2.32. The number of hydrogen-bond acceptors (Lipinski definition) is 6. The molecule has 4 rings (SSSR count). The van der Waals surface area contributed by atoms with Gasteiger partial charge in [-0.1, -0.05) is 18.2 Å². The van der Waals surface area contributed by atoms with Gasteiger partial charge in [0.2, 0.25) is 11.8 Å². The van der Waals surface area contributed by atoms with Crippen LogP contribution >= 0.6 is 0 Å². The Hall–Kier alpha value is -3.39. The van der Waals surface area contributed by atoms with Gasteiger partial charge in [-0.25, -0.2) is 4.98 Å². The van der Waals surface area contributed by atoms with E-state index in [-0.39, 0.29) is 5.91 Å². The number of pyridine rings is 1. The summed E-state index contributed by atoms with van der Waals surface area (Å²) < 4.78 is 19.4. The molecule has 2 aromatic heterocycles. The Balaban J connectivity index is 1.54. The van der Waals surface area contributed by atoms with Crippen LogP contribution in [0.5, 0.6) is 17.4 Å². The monoisotopic (exact) mass is 422 g/mol. The van der Waals surface area contributed by atoms with Crippen LogP contribution in [0.1, 0.15) is 17.5 Å². The van der Waals surface area contributed by atoms with Gasteiger partial charge in [-0.2, -0.15) is 5.10 Å². The Kier molecular flexibility index (Phi) is 6.78. The highest BCUT2D eigenvalue weighted by atomic mass is 16.5. The minimum Gasteiger partial charge on any atom is -0.487 e. The van der Waals surface area contributed by atoms with Gasteiger partial charge in [0, 0.05) is 38.0 Å². The second-order valence-electron chi connectivity index (χ2n) is 7.31. The van der Waals surface area contributed by atoms with Crippen LogP contribution in [0.15, 0.2) is 55.0 Å². The molecule has 0 saturated carbocycles. The van der Waals surface area contributed by atoms with Crippen molar-refractivity contribution in [3.63, 3.8) is 0 Å². The zero-order valence-electron chi connectivity index (χ0n) is 17.6. The van der Waals surface area contributed by atoms with Gasteiger partial charge in [-0.15, -0.1) is 0 Å². The number of fused-ring (bicyclic) bond motifs is 2. The maximum atomic E-state index is 13.0. The lowest BCUT2D eigenvalue weighted by Gasteiger charge is -2.23. The van der Waals surface area contributed by atoms with Crippen LogP contribution in [0.2, 0.25) is 0 Å². The van der Waals surface area contributed by atoms with Gasteiger partial charge < -0.3 is 19.1 Å². The number of hydrogen-bond donors (Lipinski definition) is 0. The van der Waals surface area contributed by atoms with E-state index in [0.717, 1.165) is 11.1 Å². The van der Waals surface area contributed by atoms with Crippen molar-refractivity contribution in [1.29, 1.82) is 0 Å². The highest BCUT2D eigenvalue weighted by molar-refractivity contribution is 5.76. The second-order valence-corrected chi connectivity index (χ2v) is 7.31. The maximum absolute atomic E-state index is 13.0. The van der Waals surface area contributed by atoms with E-state index in [9.17, 15) is 4.79 Å². The van der Waals surface area contributed by atoms with E-state index in [1.165, 1.54) is 0 Å². The van der Waals surface area contributed by atoms with Gasteiger partial charge in [0.05, 0.1) is 26.0 Å². The van der Waals surface area contributed by atoms with E-state index in [1.54, 1.807) is 22.0 Å². The highest BCUT2D eigenvalue weighted by Gasteiger charge is 2.19. The lowest BCUT2D eigenvalue weighted by Crippen LogP contribution is -2.34. The molecule has 0 atom stereocenters. The largest absolute Gasteiger partial charge is 0.487 e. The molecule has 0 unspecified atom stereocenters. The van der Waals surface area contributed by atoms with E-state index in [1.807, 2.05) is 49.6 Å². The molecule has 0 radical (unpaired) electrons. The molecule has 1 aromatic carbocycles. The molecule has 8 heteroatoms. The third-order valence-corrected chi connectivity index (χ3v) is 5.00. The number of aryl methyl sites for hydroxylation is 2. The van der Waals surface area contributed by atoms with Crippen molar-refractivity contribution < 1.29 is 19.0 Å². The third-order valence-electron chi connectivity index (χ3n) is 5.00. The number of amides is 1. The zero-order valence-corrected chi connectivity index (χ0v) is 17.6. The molecular formula is C23H26N4O4. The molecule has 0 spiro atoms. The van der Waals surface area contributed by atoms with Crippen molar-refractivity contribution in [2.75, 3.05) is 26.4 Å². The summed E-state index contributed by atoms with van der Waals surface area (Å²) in [6.07, 6.45) is 6.44. The standard InChI is InChI=1S/C23H26N4O4/c1-26-16-18(15-25-26)8-9-22(28)27-11-12-29-13-14-30-20-6-2-3-7-21(20)31-23-19(17-27)5-4-10-24-23/h2-7,10,15-16H,8-9,11-14,17H2,1H3. The summed E-state index contributed by atoms with van der Waals surface area (Å²) in [5.74, 6) is 1.72. The van der Waals surface area contributed by atoms with Gasteiger partial charge in [0.15, 0.2) is 11.5 Å². The number of nitrogens with zero attached hydrogens (tertiary/aromatic N) is 4. The van der Waals surface area contributed by atoms with Crippen molar-refractivity contribution >= 4 is 5.91 Å². The SMILES string of the molecule is Cn1cc(CCC(=O)N2CCOCCOc3ccccc3Oc3ncccc3C2)cn1. The smallest absolute Gasteiger partial charge is 0.224 e. The Morgan fingerprint density at radius 3 is 2.81 bits per heavy atom. The van der Waals surface area contributed by atoms with E-state index >= 15 is 0 Å². The van der Waals surface area contributed by atoms with Crippen molar-refractivity contribution in [3.8, 4) is 17.4 Å². The molecule has 8 nitrogen and oxygen atoms in total. The number of aromatic nitrogens is 3. The molecule has 31 heavy (non-hydrogen) atoms. The topological polar surface area (TPSA) is 78.7 Å². The average molecular weight is 422 g/mol. The Morgan fingerprint density at radius 2 is 1.97 bits per heavy atom. The molecule has 0 bridgehead atoms. The summed E-state index contributed by atoms with van der Waals surface area (Å²) >= 11 is 0. The lowest BCUT2D eigenvalue weighted by atomic mass is 10.1. The van der Waals surface area contributed by atoms with E-state index in [0.29, 0.717) is 63.1 Å². The summed E-state index contributed by atoms with van der Waals surface area (Å²) in [5.41, 5.74) is 1.86. The molecule has 0 aliphatic carbocycles. The van der Waals surface area contributed by atoms with Crippen molar-refractivity contribution in [3.05, 3.63) is 66.1 Å². The molecule has 162 valence electrons. The van der Waals surface area contributed by atoms with Crippen molar-refractivity contribution in [1.82, 2.24) is 19.7 Å². The third kappa shape index (κ3) is 5.61. The average Bonchev–Trinajstić information content (AvgIpc) is 3.20. The van der Waals surface area contributed by atoms with Crippen molar-refractivity contribution in [2.45, 2.75) is 19.4 Å². The molecule has 1 aliphatic rings. The predicted octanol–water partition coefficient (Wildman–Crippen LogP) is 2.98. The fourth-order valence-corrected chi connectivity index (χ4v) is 3.39. The van der Waals surface area contributed by atoms with Gasteiger partial charge >= 0.3 is 0 Å². The number of benzene rings is 1. The second kappa shape index (κ2) is 10.1. The van der Waals surface area contributed by atoms with Crippen molar-refractivity contribution in [2.24, 2.45) is 7.05 Å². The van der Waals surface area contributed by atoms with E-state index in [4.69, 9.17) is 14.2 Å². The molecule has 1 aliphatic heterocycles. The summed E-state index contributed by atoms with van der Waals surface area (Å²) in [6.45, 7) is 2.12. The quantitative estimate of drug-likeness (QED) is 0.646. The van der Waals surface area contributed by atoms with Crippen LogP contribution in [0.25, 0.3) is 0 Å². The summed E-state index contributed by atoms with van der Waals surface area (Å²) in [6, 6.07) is 11.2. The van der Waals surface area contributed by atoms with E-state index < -0.39 is 0 Å². The molecule has 0 N–H and O–H groups in total. The fourth-order valence-electron chi connectivity index (χ4n) is 3.39. The van der Waals surface area contributed by atoms with Crippen LogP contribution < -0.4 is 9.47 Å². The lowest BCUT2D eigenvalue weighted by molar-refractivity contribution is -0.132. The first-order chi connectivity index (χ1) is 15.2. The van der Waals surface area contributed by atoms with Gasteiger partial charge in [-0.05, 0) is 30.2 Å². The minimum absolute atomic E-state index is 0.0498. The Labute approximate surface area is 181 Å². The Morgan fingerprint density at radius 1 is 1.10 bits per heavy atom. The predicted molar refractivity (Wildman–Crippen MR) is 114 cm³/mol. The van der Waals surface area contributed by atoms with Crippen LogP contribution in [0.4, 0.5) is 0 Å². The van der Waals surface area contributed by atoms with Crippen LogP contribution in [0, 0.1) is 0 Å². The van der Waals surface area contributed by atoms with Crippen LogP contribution in [0.3, 0.4) is 0 Å². The summed E-state index contributed by atoms with van der Waals surface area (Å²) in [7, 11) is 1.87. The maximum Gasteiger partial charge on any atom is 0.224 e. The van der Waals surface area contributed by atoms with Gasteiger partial charge in [0.1, 0.15) is 6.61 Å². The number of rotatable bonds is 3. The first-order valence-electron chi connectivity index (χ1n) is 10.4. The summed E-state index contributed by atoms with van der Waals surface area (Å²) in [5, 5.41) is 4.17. The van der Waals surface area contributed by atoms with Crippen LogP contribution in [-0.4, -0.2) is 51.9 Å². The molecule has 0 fully saturated rings. The first kappa shape index (κ1) is 20.9. The molecule has 3 heterocycles. The fraction of sp³-hybridized carbons (Fsp3) is 0.348. The number of ether oxygens (including phenoxy) is 3. The number of carbonyl (C=O) groups excluding carboxylic acids is 1. The molecule has 3 aromatic rings. The first-order valence-corrected chi connectivity index (χ1v) is 10.4. The molecule has 1 amide bonds. The zero-order chi connectivity index (χ0) is 21.5. The number of carbonyl (C=O) groups is 1. The summed E-state index contributed by atoms with van der Waals surface area (Å²) in [4.78, 5) is 19.2. The minimum atomic E-state index is 0.0498. The Bertz CT molecular complexity index is 1020. The normalized spacial score (nSPS) is 14.7. The van der Waals surface area contributed by atoms with Gasteiger partial charge in [0.25, 0.3) is 0 Å². The van der Waals surface area contributed by atoms with E-state index in [2.05, 4.69) is 10.1 Å². The van der Waals surface area contributed by atoms with Gasteiger partial charge in [-0.3, -0.25) is 9.48 Å². The number of para-hydroxylation sites is 2.